The summed E-state index contributed by atoms with van der Waals surface area (Å²) in [4.78, 5) is 0. The third-order valence-electron chi connectivity index (χ3n) is 3.23. The number of nitrogens with two attached hydrogens (primary N) is 1. The molecule has 0 aromatic carbocycles. The Morgan fingerprint density at radius 2 is 1.69 bits per heavy atom. The van der Waals surface area contributed by atoms with Crippen molar-refractivity contribution in [2.24, 2.45) is 5.73 Å². The van der Waals surface area contributed by atoms with Gasteiger partial charge in [0.15, 0.2) is 0 Å². The standard InChI is InChI=1S/C11H24N2/c1-3-10(4-2)13-11-7-5-9(12)6-8-11/h9-11,13H,3-8,12H2,1-2H3. The maximum Gasteiger partial charge on any atom is 0.00708 e. The van der Waals surface area contributed by atoms with Crippen LogP contribution in [0.4, 0.5) is 0 Å². The van der Waals surface area contributed by atoms with Crippen molar-refractivity contribution in [1.29, 1.82) is 0 Å². The van der Waals surface area contributed by atoms with E-state index in [1.54, 1.807) is 0 Å². The molecule has 0 aromatic heterocycles. The van der Waals surface area contributed by atoms with E-state index in [0.29, 0.717) is 6.04 Å². The third-order valence-corrected chi connectivity index (χ3v) is 3.23. The molecule has 2 nitrogen and oxygen atoms in total. The van der Waals surface area contributed by atoms with Gasteiger partial charge in [-0.05, 0) is 38.5 Å². The largest absolute Gasteiger partial charge is 0.328 e. The van der Waals surface area contributed by atoms with Gasteiger partial charge in [-0.1, -0.05) is 13.8 Å². The summed E-state index contributed by atoms with van der Waals surface area (Å²) in [5.74, 6) is 0. The van der Waals surface area contributed by atoms with Gasteiger partial charge in [0.25, 0.3) is 0 Å². The van der Waals surface area contributed by atoms with E-state index in [4.69, 9.17) is 5.73 Å². The fraction of sp³-hybridized carbons (Fsp3) is 1.00. The minimum atomic E-state index is 0.472. The Labute approximate surface area is 82.3 Å². The molecular weight excluding hydrogens is 160 g/mol. The fourth-order valence-corrected chi connectivity index (χ4v) is 2.14. The zero-order valence-corrected chi connectivity index (χ0v) is 9.05. The zero-order valence-electron chi connectivity index (χ0n) is 9.05. The van der Waals surface area contributed by atoms with Gasteiger partial charge in [0.2, 0.25) is 0 Å². The van der Waals surface area contributed by atoms with Crippen LogP contribution in [-0.4, -0.2) is 18.1 Å². The molecule has 0 spiro atoms. The summed E-state index contributed by atoms with van der Waals surface area (Å²) in [6, 6.07) is 1.93. The minimum absolute atomic E-state index is 0.472. The molecule has 78 valence electrons. The molecule has 0 saturated heterocycles. The molecule has 0 bridgehead atoms. The Hall–Kier alpha value is -0.0800. The Bertz CT molecular complexity index is 124. The summed E-state index contributed by atoms with van der Waals surface area (Å²) in [5.41, 5.74) is 5.86. The van der Waals surface area contributed by atoms with Gasteiger partial charge in [-0.3, -0.25) is 0 Å². The molecule has 1 fully saturated rings. The van der Waals surface area contributed by atoms with E-state index in [1.165, 1.54) is 38.5 Å². The van der Waals surface area contributed by atoms with E-state index < -0.39 is 0 Å². The molecule has 13 heavy (non-hydrogen) atoms. The number of nitrogens with one attached hydrogen (secondary N) is 1. The first-order valence-electron chi connectivity index (χ1n) is 5.77. The van der Waals surface area contributed by atoms with Gasteiger partial charge < -0.3 is 11.1 Å². The normalized spacial score (nSPS) is 29.5. The molecule has 0 atom stereocenters. The van der Waals surface area contributed by atoms with Gasteiger partial charge in [0, 0.05) is 18.1 Å². The van der Waals surface area contributed by atoms with Crippen LogP contribution in [0.15, 0.2) is 0 Å². The molecule has 0 radical (unpaired) electrons. The summed E-state index contributed by atoms with van der Waals surface area (Å²) >= 11 is 0. The van der Waals surface area contributed by atoms with Gasteiger partial charge >= 0.3 is 0 Å². The van der Waals surface area contributed by atoms with Crippen LogP contribution in [0.3, 0.4) is 0 Å². The number of hydrogen-bond donors (Lipinski definition) is 2. The Balaban J connectivity index is 2.21. The van der Waals surface area contributed by atoms with Crippen molar-refractivity contribution in [2.75, 3.05) is 0 Å². The predicted molar refractivity (Wildman–Crippen MR) is 57.7 cm³/mol. The first-order chi connectivity index (χ1) is 6.26. The highest BCUT2D eigenvalue weighted by Gasteiger charge is 2.19. The predicted octanol–water partition coefficient (Wildman–Crippen LogP) is 2.03. The maximum absolute atomic E-state index is 5.86. The average Bonchev–Trinajstić information content (AvgIpc) is 2.17. The first-order valence-corrected chi connectivity index (χ1v) is 5.77. The van der Waals surface area contributed by atoms with Gasteiger partial charge in [-0.2, -0.15) is 0 Å². The molecule has 1 aliphatic rings. The second-order valence-corrected chi connectivity index (χ2v) is 4.29. The molecule has 0 aromatic rings. The van der Waals surface area contributed by atoms with Crippen LogP contribution in [0.2, 0.25) is 0 Å². The van der Waals surface area contributed by atoms with Crippen LogP contribution in [0.1, 0.15) is 52.4 Å². The smallest absolute Gasteiger partial charge is 0.00708 e. The Kier molecular flexibility index (Phi) is 4.74. The van der Waals surface area contributed by atoms with E-state index in [0.717, 1.165) is 12.1 Å². The van der Waals surface area contributed by atoms with Gasteiger partial charge in [-0.15, -0.1) is 0 Å². The lowest BCUT2D eigenvalue weighted by Crippen LogP contribution is -2.42. The number of hydrogen-bond acceptors (Lipinski definition) is 2. The molecule has 1 rings (SSSR count). The quantitative estimate of drug-likeness (QED) is 0.701. The van der Waals surface area contributed by atoms with Crippen LogP contribution in [-0.2, 0) is 0 Å². The van der Waals surface area contributed by atoms with E-state index >= 15 is 0 Å². The lowest BCUT2D eigenvalue weighted by atomic mass is 9.91. The van der Waals surface area contributed by atoms with E-state index in [1.807, 2.05) is 0 Å². The second kappa shape index (κ2) is 5.61. The molecule has 2 heteroatoms. The minimum Gasteiger partial charge on any atom is -0.328 e. The van der Waals surface area contributed by atoms with E-state index in [2.05, 4.69) is 19.2 Å². The summed E-state index contributed by atoms with van der Waals surface area (Å²) in [6.45, 7) is 4.52. The SMILES string of the molecule is CCC(CC)NC1CCC(N)CC1. The lowest BCUT2D eigenvalue weighted by Gasteiger charge is -2.30. The van der Waals surface area contributed by atoms with Crippen LogP contribution in [0, 0.1) is 0 Å². The van der Waals surface area contributed by atoms with Crippen molar-refractivity contribution in [3.05, 3.63) is 0 Å². The van der Waals surface area contributed by atoms with Gasteiger partial charge in [-0.25, -0.2) is 0 Å². The fourth-order valence-electron chi connectivity index (χ4n) is 2.14. The summed E-state index contributed by atoms with van der Waals surface area (Å²) in [6.07, 6.45) is 7.46. The average molecular weight is 184 g/mol. The van der Waals surface area contributed by atoms with E-state index in [9.17, 15) is 0 Å². The second-order valence-electron chi connectivity index (χ2n) is 4.29. The van der Waals surface area contributed by atoms with Crippen LogP contribution in [0.5, 0.6) is 0 Å². The Morgan fingerprint density at radius 1 is 1.15 bits per heavy atom. The van der Waals surface area contributed by atoms with Crippen molar-refractivity contribution < 1.29 is 0 Å². The van der Waals surface area contributed by atoms with Crippen molar-refractivity contribution in [1.82, 2.24) is 5.32 Å². The Morgan fingerprint density at radius 3 is 2.15 bits per heavy atom. The zero-order chi connectivity index (χ0) is 9.68. The van der Waals surface area contributed by atoms with Gasteiger partial charge in [0.1, 0.15) is 0 Å². The molecule has 0 amide bonds. The molecule has 3 N–H and O–H groups in total. The summed E-state index contributed by atoms with van der Waals surface area (Å²) in [7, 11) is 0. The van der Waals surface area contributed by atoms with Crippen molar-refractivity contribution in [3.63, 3.8) is 0 Å². The van der Waals surface area contributed by atoms with Crippen molar-refractivity contribution in [3.8, 4) is 0 Å². The van der Waals surface area contributed by atoms with Gasteiger partial charge in [0.05, 0.1) is 0 Å². The maximum atomic E-state index is 5.86. The molecule has 0 aliphatic heterocycles. The summed E-state index contributed by atoms with van der Waals surface area (Å²) < 4.78 is 0. The highest BCUT2D eigenvalue weighted by molar-refractivity contribution is 4.80. The first kappa shape index (κ1) is 11.0. The lowest BCUT2D eigenvalue weighted by molar-refractivity contribution is 0.307. The summed E-state index contributed by atoms with van der Waals surface area (Å²) in [5, 5.41) is 3.72. The van der Waals surface area contributed by atoms with Crippen LogP contribution in [0.25, 0.3) is 0 Å². The monoisotopic (exact) mass is 184 g/mol. The third kappa shape index (κ3) is 3.65. The van der Waals surface area contributed by atoms with Crippen LogP contribution >= 0.6 is 0 Å². The molecular formula is C11H24N2. The van der Waals surface area contributed by atoms with Crippen LogP contribution < -0.4 is 11.1 Å². The molecule has 0 heterocycles. The van der Waals surface area contributed by atoms with Crippen molar-refractivity contribution in [2.45, 2.75) is 70.5 Å². The molecule has 1 aliphatic carbocycles. The highest BCUT2D eigenvalue weighted by atomic mass is 14.9. The molecule has 1 saturated carbocycles. The number of rotatable bonds is 4. The highest BCUT2D eigenvalue weighted by Crippen LogP contribution is 2.18. The van der Waals surface area contributed by atoms with Crippen molar-refractivity contribution >= 4 is 0 Å². The topological polar surface area (TPSA) is 38.0 Å². The molecule has 0 unspecified atom stereocenters. The van der Waals surface area contributed by atoms with E-state index in [-0.39, 0.29) is 0 Å².